The molecule has 0 bridgehead atoms. The molecule has 1 heterocycles. The highest BCUT2D eigenvalue weighted by atomic mass is 32.2. The summed E-state index contributed by atoms with van der Waals surface area (Å²) < 4.78 is 27.7. The highest BCUT2D eigenvalue weighted by Gasteiger charge is 2.25. The average molecular weight is 332 g/mol. The van der Waals surface area contributed by atoms with E-state index in [2.05, 4.69) is 23.5 Å². The van der Waals surface area contributed by atoms with E-state index in [-0.39, 0.29) is 0 Å². The number of hydrogen-bond donors (Lipinski definition) is 1. The monoisotopic (exact) mass is 332 g/mol. The van der Waals surface area contributed by atoms with Gasteiger partial charge in [0, 0.05) is 25.7 Å². The standard InChI is InChI=1S/C18H24N2O2S/c1-14-11-15(2)20(13-14)10-9-19-23(21,22)18-8-7-16-5-3-4-6-17(16)12-18/h3-8,12,14-15,19H,9-11,13H2,1-2H3. The first-order valence-corrected chi connectivity index (χ1v) is 9.66. The van der Waals surface area contributed by atoms with Gasteiger partial charge in [0.2, 0.25) is 10.0 Å². The zero-order chi connectivity index (χ0) is 16.4. The number of rotatable bonds is 5. The van der Waals surface area contributed by atoms with Crippen molar-refractivity contribution in [1.29, 1.82) is 0 Å². The molecule has 0 aromatic heterocycles. The van der Waals surface area contributed by atoms with Crippen LogP contribution in [-0.2, 0) is 10.0 Å². The van der Waals surface area contributed by atoms with Crippen LogP contribution in [-0.4, -0.2) is 39.0 Å². The molecule has 1 aliphatic heterocycles. The topological polar surface area (TPSA) is 49.4 Å². The summed E-state index contributed by atoms with van der Waals surface area (Å²) in [5, 5.41) is 1.99. The number of sulfonamides is 1. The summed E-state index contributed by atoms with van der Waals surface area (Å²) in [7, 11) is -3.45. The summed E-state index contributed by atoms with van der Waals surface area (Å²) in [6.45, 7) is 6.72. The van der Waals surface area contributed by atoms with Crippen molar-refractivity contribution in [2.45, 2.75) is 31.2 Å². The molecule has 2 aromatic carbocycles. The summed E-state index contributed by atoms with van der Waals surface area (Å²) in [6.07, 6.45) is 1.19. The van der Waals surface area contributed by atoms with Gasteiger partial charge < -0.3 is 0 Å². The van der Waals surface area contributed by atoms with Crippen molar-refractivity contribution in [2.24, 2.45) is 5.92 Å². The van der Waals surface area contributed by atoms with Crippen molar-refractivity contribution in [2.75, 3.05) is 19.6 Å². The van der Waals surface area contributed by atoms with Gasteiger partial charge in [0.05, 0.1) is 4.90 Å². The van der Waals surface area contributed by atoms with Crippen molar-refractivity contribution in [1.82, 2.24) is 9.62 Å². The molecule has 0 aliphatic carbocycles. The van der Waals surface area contributed by atoms with Crippen molar-refractivity contribution in [3.8, 4) is 0 Å². The fourth-order valence-corrected chi connectivity index (χ4v) is 4.50. The van der Waals surface area contributed by atoms with E-state index in [1.807, 2.05) is 30.3 Å². The summed E-state index contributed by atoms with van der Waals surface area (Å²) >= 11 is 0. The summed E-state index contributed by atoms with van der Waals surface area (Å²) in [4.78, 5) is 2.69. The van der Waals surface area contributed by atoms with Gasteiger partial charge in [-0.25, -0.2) is 13.1 Å². The maximum Gasteiger partial charge on any atom is 0.240 e. The quantitative estimate of drug-likeness (QED) is 0.916. The molecule has 3 rings (SSSR count). The third-order valence-corrected chi connectivity index (χ3v) is 6.09. The largest absolute Gasteiger partial charge is 0.299 e. The number of fused-ring (bicyclic) bond motifs is 1. The molecule has 2 unspecified atom stereocenters. The van der Waals surface area contributed by atoms with Gasteiger partial charge in [-0.3, -0.25) is 4.90 Å². The van der Waals surface area contributed by atoms with Crippen LogP contribution in [0, 0.1) is 5.92 Å². The van der Waals surface area contributed by atoms with Gasteiger partial charge in [-0.05, 0) is 42.2 Å². The Morgan fingerprint density at radius 1 is 1.13 bits per heavy atom. The zero-order valence-electron chi connectivity index (χ0n) is 13.7. The highest BCUT2D eigenvalue weighted by Crippen LogP contribution is 2.22. The fourth-order valence-electron chi connectivity index (χ4n) is 3.44. The Balaban J connectivity index is 1.66. The summed E-state index contributed by atoms with van der Waals surface area (Å²) in [5.74, 6) is 0.696. The smallest absolute Gasteiger partial charge is 0.240 e. The zero-order valence-corrected chi connectivity index (χ0v) is 14.5. The first kappa shape index (κ1) is 16.4. The molecule has 1 aliphatic rings. The van der Waals surface area contributed by atoms with Crippen molar-refractivity contribution in [3.05, 3.63) is 42.5 Å². The van der Waals surface area contributed by atoms with Crippen molar-refractivity contribution in [3.63, 3.8) is 0 Å². The van der Waals surface area contributed by atoms with E-state index in [9.17, 15) is 8.42 Å². The molecule has 23 heavy (non-hydrogen) atoms. The second-order valence-corrected chi connectivity index (χ2v) is 8.36. The average Bonchev–Trinajstić information content (AvgIpc) is 2.84. The van der Waals surface area contributed by atoms with Crippen LogP contribution in [0.25, 0.3) is 10.8 Å². The van der Waals surface area contributed by atoms with E-state index < -0.39 is 10.0 Å². The lowest BCUT2D eigenvalue weighted by molar-refractivity contribution is 0.270. The van der Waals surface area contributed by atoms with E-state index in [4.69, 9.17) is 0 Å². The third-order valence-electron chi connectivity index (χ3n) is 4.64. The third kappa shape index (κ3) is 3.74. The summed E-state index contributed by atoms with van der Waals surface area (Å²) in [5.41, 5.74) is 0. The maximum atomic E-state index is 12.5. The Labute approximate surface area is 138 Å². The number of benzene rings is 2. The SMILES string of the molecule is CC1CC(C)N(CCNS(=O)(=O)c2ccc3ccccc3c2)C1. The normalized spacial score (nSPS) is 22.7. The molecule has 1 fully saturated rings. The molecular weight excluding hydrogens is 308 g/mol. The van der Waals surface area contributed by atoms with Crippen molar-refractivity contribution >= 4 is 20.8 Å². The van der Waals surface area contributed by atoms with Gasteiger partial charge in [-0.15, -0.1) is 0 Å². The molecule has 0 amide bonds. The lowest BCUT2D eigenvalue weighted by Crippen LogP contribution is -2.36. The van der Waals surface area contributed by atoms with Crippen LogP contribution in [0.1, 0.15) is 20.3 Å². The Kier molecular flexibility index (Phi) is 4.71. The molecular formula is C18H24N2O2S. The van der Waals surface area contributed by atoms with Gasteiger partial charge >= 0.3 is 0 Å². The van der Waals surface area contributed by atoms with Crippen LogP contribution in [0.2, 0.25) is 0 Å². The van der Waals surface area contributed by atoms with Gasteiger partial charge in [0.25, 0.3) is 0 Å². The van der Waals surface area contributed by atoms with Crippen LogP contribution in [0.15, 0.2) is 47.4 Å². The molecule has 1 N–H and O–H groups in total. The van der Waals surface area contributed by atoms with Crippen molar-refractivity contribution < 1.29 is 8.42 Å². The molecule has 0 radical (unpaired) electrons. The molecule has 1 saturated heterocycles. The number of nitrogens with zero attached hydrogens (tertiary/aromatic N) is 1. The molecule has 2 aromatic rings. The van der Waals surface area contributed by atoms with Gasteiger partial charge in [0.1, 0.15) is 0 Å². The first-order valence-electron chi connectivity index (χ1n) is 8.18. The van der Waals surface area contributed by atoms with Crippen LogP contribution < -0.4 is 4.72 Å². The van der Waals surface area contributed by atoms with E-state index in [0.717, 1.165) is 23.9 Å². The Morgan fingerprint density at radius 2 is 1.87 bits per heavy atom. The fraction of sp³-hybridized carbons (Fsp3) is 0.444. The Hall–Kier alpha value is -1.43. The maximum absolute atomic E-state index is 12.5. The van der Waals surface area contributed by atoms with E-state index in [1.165, 1.54) is 6.42 Å². The van der Waals surface area contributed by atoms with Gasteiger partial charge in [0.15, 0.2) is 0 Å². The van der Waals surface area contributed by atoms with E-state index in [1.54, 1.807) is 12.1 Å². The number of hydrogen-bond acceptors (Lipinski definition) is 3. The van der Waals surface area contributed by atoms with E-state index >= 15 is 0 Å². The van der Waals surface area contributed by atoms with Crippen LogP contribution in [0.3, 0.4) is 0 Å². The minimum absolute atomic E-state index is 0.332. The minimum Gasteiger partial charge on any atom is -0.299 e. The number of likely N-dealkylation sites (tertiary alicyclic amines) is 1. The number of nitrogens with one attached hydrogen (secondary N) is 1. The predicted molar refractivity (Wildman–Crippen MR) is 94.0 cm³/mol. The Bertz CT molecular complexity index is 788. The van der Waals surface area contributed by atoms with Crippen LogP contribution >= 0.6 is 0 Å². The molecule has 0 spiro atoms. The van der Waals surface area contributed by atoms with Crippen LogP contribution in [0.4, 0.5) is 0 Å². The molecule has 2 atom stereocenters. The molecule has 0 saturated carbocycles. The molecule has 5 heteroatoms. The minimum atomic E-state index is -3.45. The second kappa shape index (κ2) is 6.59. The lowest BCUT2D eigenvalue weighted by atomic mass is 10.1. The van der Waals surface area contributed by atoms with Gasteiger partial charge in [-0.1, -0.05) is 37.3 Å². The Morgan fingerprint density at radius 3 is 2.57 bits per heavy atom. The molecule has 124 valence electrons. The first-order chi connectivity index (χ1) is 11.0. The van der Waals surface area contributed by atoms with Crippen LogP contribution in [0.5, 0.6) is 0 Å². The second-order valence-electron chi connectivity index (χ2n) is 6.59. The highest BCUT2D eigenvalue weighted by molar-refractivity contribution is 7.89. The van der Waals surface area contributed by atoms with Gasteiger partial charge in [-0.2, -0.15) is 0 Å². The van der Waals surface area contributed by atoms with E-state index in [0.29, 0.717) is 23.4 Å². The molecule has 4 nitrogen and oxygen atoms in total. The summed E-state index contributed by atoms with van der Waals surface area (Å²) in [6, 6.07) is 13.6. The predicted octanol–water partition coefficient (Wildman–Crippen LogP) is 2.85. The lowest BCUT2D eigenvalue weighted by Gasteiger charge is -2.21.